The Balaban J connectivity index is 1.57. The third-order valence-corrected chi connectivity index (χ3v) is 7.41. The molecule has 1 aliphatic rings. The second-order valence-corrected chi connectivity index (χ2v) is 10.2. The quantitative estimate of drug-likeness (QED) is 0.643. The zero-order valence-corrected chi connectivity index (χ0v) is 17.9. The van der Waals surface area contributed by atoms with E-state index in [1.807, 2.05) is 26.0 Å². The molecule has 154 valence electrons. The second kappa shape index (κ2) is 7.26. The Morgan fingerprint density at radius 1 is 0.900 bits per heavy atom. The predicted octanol–water partition coefficient (Wildman–Crippen LogP) is 3.67. The number of amidine groups is 1. The van der Waals surface area contributed by atoms with Crippen LogP contribution in [0.25, 0.3) is 0 Å². The Kier molecular flexibility index (Phi) is 4.87. The van der Waals surface area contributed by atoms with Crippen molar-refractivity contribution in [3.05, 3.63) is 83.4 Å². The average molecular weight is 442 g/mol. The minimum absolute atomic E-state index is 0.0929. The predicted molar refractivity (Wildman–Crippen MR) is 117 cm³/mol. The monoisotopic (exact) mass is 441 g/mol. The van der Waals surface area contributed by atoms with Gasteiger partial charge >= 0.3 is 0 Å². The summed E-state index contributed by atoms with van der Waals surface area (Å²) in [4.78, 5) is 0.236. The lowest BCUT2D eigenvalue weighted by Gasteiger charge is -2.12. The third-order valence-electron chi connectivity index (χ3n) is 4.70. The molecule has 0 saturated carbocycles. The normalized spacial score (nSPS) is 14.7. The van der Waals surface area contributed by atoms with Crippen LogP contribution in [-0.4, -0.2) is 22.7 Å². The molecule has 2 N–H and O–H groups in total. The van der Waals surface area contributed by atoms with Crippen LogP contribution in [0.5, 0.6) is 0 Å². The molecule has 3 aromatic rings. The molecule has 0 atom stereocenters. The van der Waals surface area contributed by atoms with Gasteiger partial charge in [0, 0.05) is 11.3 Å². The highest BCUT2D eigenvalue weighted by atomic mass is 32.2. The van der Waals surface area contributed by atoms with Crippen molar-refractivity contribution in [2.45, 2.75) is 23.6 Å². The van der Waals surface area contributed by atoms with E-state index in [0.717, 1.165) is 11.1 Å². The SMILES string of the molecule is Cc1ccc(C)c(NS(=O)(=O)c2ccc(NC3=NS(=O)(=O)c4ccccc43)cc2)c1. The van der Waals surface area contributed by atoms with Crippen molar-refractivity contribution >= 4 is 37.3 Å². The Bertz CT molecular complexity index is 1380. The first-order valence-electron chi connectivity index (χ1n) is 9.07. The van der Waals surface area contributed by atoms with Crippen molar-refractivity contribution in [3.8, 4) is 0 Å². The van der Waals surface area contributed by atoms with Gasteiger partial charge in [0.25, 0.3) is 20.0 Å². The summed E-state index contributed by atoms with van der Waals surface area (Å²) in [6.45, 7) is 3.72. The van der Waals surface area contributed by atoms with Crippen LogP contribution in [-0.2, 0) is 20.0 Å². The molecule has 3 aromatic carbocycles. The molecule has 4 rings (SSSR count). The minimum Gasteiger partial charge on any atom is -0.339 e. The third kappa shape index (κ3) is 3.81. The van der Waals surface area contributed by atoms with Gasteiger partial charge in [-0.2, -0.15) is 8.42 Å². The molecule has 0 aliphatic carbocycles. The van der Waals surface area contributed by atoms with Crippen molar-refractivity contribution in [1.29, 1.82) is 0 Å². The van der Waals surface area contributed by atoms with Crippen LogP contribution in [0.2, 0.25) is 0 Å². The number of nitrogens with zero attached hydrogens (tertiary/aromatic N) is 1. The van der Waals surface area contributed by atoms with E-state index in [1.165, 1.54) is 18.2 Å². The molecule has 0 spiro atoms. The maximum Gasteiger partial charge on any atom is 0.285 e. The second-order valence-electron chi connectivity index (χ2n) is 6.98. The molecule has 1 aliphatic heterocycles. The smallest absolute Gasteiger partial charge is 0.285 e. The topological polar surface area (TPSA) is 105 Å². The maximum atomic E-state index is 12.7. The van der Waals surface area contributed by atoms with E-state index in [-0.39, 0.29) is 15.6 Å². The van der Waals surface area contributed by atoms with Crippen LogP contribution in [0.4, 0.5) is 11.4 Å². The van der Waals surface area contributed by atoms with Gasteiger partial charge in [0.2, 0.25) is 0 Å². The van der Waals surface area contributed by atoms with Crippen molar-refractivity contribution in [2.75, 3.05) is 10.0 Å². The number of anilines is 2. The number of hydrogen-bond donors (Lipinski definition) is 2. The molecule has 0 unspecified atom stereocenters. The van der Waals surface area contributed by atoms with Crippen LogP contribution in [0.15, 0.2) is 80.9 Å². The molecule has 0 bridgehead atoms. The molecule has 7 nitrogen and oxygen atoms in total. The summed E-state index contributed by atoms with van der Waals surface area (Å²) in [5.74, 6) is 0.203. The number of hydrogen-bond acceptors (Lipinski definition) is 5. The molecule has 30 heavy (non-hydrogen) atoms. The van der Waals surface area contributed by atoms with Gasteiger partial charge in [-0.15, -0.1) is 4.40 Å². The Morgan fingerprint density at radius 2 is 1.60 bits per heavy atom. The Labute approximate surface area is 175 Å². The lowest BCUT2D eigenvalue weighted by atomic mass is 10.1. The summed E-state index contributed by atoms with van der Waals surface area (Å²) in [6, 6.07) is 18.1. The van der Waals surface area contributed by atoms with Gasteiger partial charge in [-0.1, -0.05) is 24.3 Å². The van der Waals surface area contributed by atoms with Crippen LogP contribution < -0.4 is 10.0 Å². The van der Waals surface area contributed by atoms with Crippen LogP contribution in [0.3, 0.4) is 0 Å². The van der Waals surface area contributed by atoms with Gasteiger partial charge < -0.3 is 5.32 Å². The maximum absolute atomic E-state index is 12.7. The fourth-order valence-corrected chi connectivity index (χ4v) is 5.40. The standard InChI is InChI=1S/C21H19N3O4S2/c1-14-7-8-15(2)19(13-14)23-29(25,26)17-11-9-16(10-12-17)22-21-18-5-3-4-6-20(18)30(27,28)24-21/h3-13,23H,1-2H3,(H,22,24). The summed E-state index contributed by atoms with van der Waals surface area (Å²) in [7, 11) is -7.50. The van der Waals surface area contributed by atoms with Crippen molar-refractivity contribution < 1.29 is 16.8 Å². The van der Waals surface area contributed by atoms with Crippen LogP contribution in [0, 0.1) is 13.8 Å². The van der Waals surface area contributed by atoms with E-state index in [1.54, 1.807) is 36.4 Å². The molecule has 1 heterocycles. The average Bonchev–Trinajstić information content (AvgIpc) is 2.95. The van der Waals surface area contributed by atoms with Crippen LogP contribution in [0.1, 0.15) is 16.7 Å². The highest BCUT2D eigenvalue weighted by molar-refractivity contribution is 7.92. The molecule has 0 amide bonds. The number of aryl methyl sites for hydroxylation is 2. The molecule has 0 radical (unpaired) electrons. The first-order chi connectivity index (χ1) is 14.2. The highest BCUT2D eigenvalue weighted by Gasteiger charge is 2.28. The van der Waals surface area contributed by atoms with E-state index in [2.05, 4.69) is 14.4 Å². The van der Waals surface area contributed by atoms with Crippen LogP contribution >= 0.6 is 0 Å². The van der Waals surface area contributed by atoms with Crippen molar-refractivity contribution in [2.24, 2.45) is 4.40 Å². The molecule has 0 fully saturated rings. The Morgan fingerprint density at radius 3 is 2.33 bits per heavy atom. The van der Waals surface area contributed by atoms with E-state index >= 15 is 0 Å². The van der Waals surface area contributed by atoms with Gasteiger partial charge in [-0.05, 0) is 67.4 Å². The number of benzene rings is 3. The largest absolute Gasteiger partial charge is 0.339 e. The number of nitrogens with one attached hydrogen (secondary N) is 2. The van der Waals surface area contributed by atoms with Gasteiger partial charge in [-0.25, -0.2) is 8.42 Å². The summed E-state index contributed by atoms with van der Waals surface area (Å²) in [5.41, 5.74) is 3.29. The molecular formula is C21H19N3O4S2. The molecule has 0 saturated heterocycles. The number of fused-ring (bicyclic) bond motifs is 1. The zero-order valence-electron chi connectivity index (χ0n) is 16.2. The van der Waals surface area contributed by atoms with Gasteiger partial charge in [-0.3, -0.25) is 4.72 Å². The molecule has 0 aromatic heterocycles. The van der Waals surface area contributed by atoms with E-state index < -0.39 is 20.0 Å². The summed E-state index contributed by atoms with van der Waals surface area (Å²) < 4.78 is 56.2. The number of rotatable bonds is 4. The van der Waals surface area contributed by atoms with Crippen molar-refractivity contribution in [1.82, 2.24) is 0 Å². The minimum atomic E-state index is -3.77. The van der Waals surface area contributed by atoms with E-state index in [0.29, 0.717) is 16.9 Å². The summed E-state index contributed by atoms with van der Waals surface area (Å²) >= 11 is 0. The molecule has 9 heteroatoms. The Hall–Kier alpha value is -3.17. The summed E-state index contributed by atoms with van der Waals surface area (Å²) in [5, 5.41) is 2.95. The summed E-state index contributed by atoms with van der Waals surface area (Å²) in [6.07, 6.45) is 0. The number of sulfonamides is 2. The van der Waals surface area contributed by atoms with Gasteiger partial charge in [0.1, 0.15) is 4.90 Å². The molecular weight excluding hydrogens is 422 g/mol. The van der Waals surface area contributed by atoms with E-state index in [4.69, 9.17) is 0 Å². The zero-order chi connectivity index (χ0) is 21.5. The highest BCUT2D eigenvalue weighted by Crippen LogP contribution is 2.27. The first-order valence-corrected chi connectivity index (χ1v) is 12.0. The lowest BCUT2D eigenvalue weighted by Crippen LogP contribution is -2.14. The fourth-order valence-electron chi connectivity index (χ4n) is 3.10. The first kappa shape index (κ1) is 20.1. The van der Waals surface area contributed by atoms with E-state index in [9.17, 15) is 16.8 Å². The van der Waals surface area contributed by atoms with Crippen molar-refractivity contribution in [3.63, 3.8) is 0 Å². The van der Waals surface area contributed by atoms with Gasteiger partial charge in [0.05, 0.1) is 10.6 Å². The lowest BCUT2D eigenvalue weighted by molar-refractivity contribution is 0.598. The van der Waals surface area contributed by atoms with Gasteiger partial charge in [0.15, 0.2) is 5.84 Å². The fraction of sp³-hybridized carbons (Fsp3) is 0.0952.